The maximum Gasteiger partial charge on any atom is 0.254 e. The first-order chi connectivity index (χ1) is 13.2. The van der Waals surface area contributed by atoms with Crippen LogP contribution in [0.25, 0.3) is 0 Å². The van der Waals surface area contributed by atoms with Crippen molar-refractivity contribution < 1.29 is 14.3 Å². The van der Waals surface area contributed by atoms with Crippen LogP contribution in [0.4, 0.5) is 0 Å². The molecule has 1 saturated carbocycles. The Morgan fingerprint density at radius 3 is 2.52 bits per heavy atom. The Morgan fingerprint density at radius 2 is 1.81 bits per heavy atom. The molecule has 0 atom stereocenters. The first-order valence-electron chi connectivity index (χ1n) is 10.4. The summed E-state index contributed by atoms with van der Waals surface area (Å²) in [5, 5.41) is 3.27. The van der Waals surface area contributed by atoms with E-state index >= 15 is 0 Å². The van der Waals surface area contributed by atoms with E-state index in [1.165, 1.54) is 25.7 Å². The molecule has 0 radical (unpaired) electrons. The van der Waals surface area contributed by atoms with Crippen molar-refractivity contribution in [1.29, 1.82) is 0 Å². The van der Waals surface area contributed by atoms with E-state index < -0.39 is 5.54 Å². The van der Waals surface area contributed by atoms with Gasteiger partial charge < -0.3 is 15.0 Å². The van der Waals surface area contributed by atoms with Crippen LogP contribution in [0.5, 0.6) is 0 Å². The minimum Gasteiger partial charge on any atom is -0.381 e. The van der Waals surface area contributed by atoms with Gasteiger partial charge in [0.1, 0.15) is 0 Å². The van der Waals surface area contributed by atoms with Gasteiger partial charge in [-0.2, -0.15) is 0 Å². The predicted molar refractivity (Wildman–Crippen MR) is 103 cm³/mol. The van der Waals surface area contributed by atoms with E-state index in [1.54, 1.807) is 0 Å². The highest BCUT2D eigenvalue weighted by molar-refractivity contribution is 5.99. The topological polar surface area (TPSA) is 58.6 Å². The molecule has 2 heterocycles. The zero-order valence-corrected chi connectivity index (χ0v) is 16.0. The van der Waals surface area contributed by atoms with Crippen molar-refractivity contribution in [3.8, 4) is 0 Å². The highest BCUT2D eigenvalue weighted by Crippen LogP contribution is 2.38. The van der Waals surface area contributed by atoms with Crippen LogP contribution in [0.3, 0.4) is 0 Å². The molecule has 0 aromatic heterocycles. The van der Waals surface area contributed by atoms with E-state index in [0.717, 1.165) is 36.8 Å². The average molecular weight is 370 g/mol. The van der Waals surface area contributed by atoms with Crippen molar-refractivity contribution in [1.82, 2.24) is 10.2 Å². The molecule has 3 aliphatic rings. The standard InChI is InChI=1S/C22H30N2O3/c25-20(23-18-8-3-1-2-4-9-18)15-22(11-13-27-14-12-22)24-16-17-7-5-6-10-19(17)21(24)26/h5-7,10,18H,1-4,8-9,11-16H2,(H,23,25). The number of amides is 2. The second-order valence-electron chi connectivity index (χ2n) is 8.32. The molecule has 2 aliphatic heterocycles. The van der Waals surface area contributed by atoms with Gasteiger partial charge >= 0.3 is 0 Å². The van der Waals surface area contributed by atoms with E-state index in [4.69, 9.17) is 4.74 Å². The number of benzene rings is 1. The van der Waals surface area contributed by atoms with Crippen molar-refractivity contribution in [2.45, 2.75) is 75.9 Å². The van der Waals surface area contributed by atoms with E-state index in [9.17, 15) is 9.59 Å². The van der Waals surface area contributed by atoms with Gasteiger partial charge in [-0.1, -0.05) is 43.9 Å². The minimum absolute atomic E-state index is 0.0646. The van der Waals surface area contributed by atoms with Crippen LogP contribution in [-0.4, -0.2) is 41.5 Å². The predicted octanol–water partition coefficient (Wildman–Crippen LogP) is 3.42. The fourth-order valence-corrected chi connectivity index (χ4v) is 4.93. The van der Waals surface area contributed by atoms with Gasteiger partial charge in [-0.3, -0.25) is 9.59 Å². The SMILES string of the molecule is O=C(CC1(N2Cc3ccccc3C2=O)CCOCC1)NC1CCCCCC1. The molecule has 4 rings (SSSR count). The van der Waals surface area contributed by atoms with Gasteiger partial charge in [0.25, 0.3) is 5.91 Å². The van der Waals surface area contributed by atoms with Crippen molar-refractivity contribution >= 4 is 11.8 Å². The molecule has 1 aromatic carbocycles. The first kappa shape index (κ1) is 18.5. The number of rotatable bonds is 4. The van der Waals surface area contributed by atoms with E-state index in [2.05, 4.69) is 5.32 Å². The third-order valence-electron chi connectivity index (χ3n) is 6.53. The molecular weight excluding hydrogens is 340 g/mol. The van der Waals surface area contributed by atoms with Gasteiger partial charge in [0.15, 0.2) is 0 Å². The minimum atomic E-state index is -0.427. The Hall–Kier alpha value is -1.88. The summed E-state index contributed by atoms with van der Waals surface area (Å²) in [5.41, 5.74) is 1.42. The number of fused-ring (bicyclic) bond motifs is 1. The molecule has 1 N–H and O–H groups in total. The van der Waals surface area contributed by atoms with Crippen molar-refractivity contribution in [3.63, 3.8) is 0 Å². The average Bonchev–Trinajstić information content (AvgIpc) is 2.84. The maximum absolute atomic E-state index is 13.1. The molecule has 5 nitrogen and oxygen atoms in total. The van der Waals surface area contributed by atoms with Crippen LogP contribution in [0.2, 0.25) is 0 Å². The lowest BCUT2D eigenvalue weighted by atomic mass is 9.84. The van der Waals surface area contributed by atoms with Crippen molar-refractivity contribution in [3.05, 3.63) is 35.4 Å². The van der Waals surface area contributed by atoms with Gasteiger partial charge in [-0.25, -0.2) is 0 Å². The lowest BCUT2D eigenvalue weighted by Gasteiger charge is -2.44. The number of carbonyl (C=O) groups is 2. The Balaban J connectivity index is 1.49. The zero-order chi connectivity index (χ0) is 18.7. The fraction of sp³-hybridized carbons (Fsp3) is 0.636. The molecule has 0 unspecified atom stereocenters. The Bertz CT molecular complexity index is 689. The number of hydrogen-bond acceptors (Lipinski definition) is 3. The summed E-state index contributed by atoms with van der Waals surface area (Å²) >= 11 is 0. The summed E-state index contributed by atoms with van der Waals surface area (Å²) in [6.07, 6.45) is 8.93. The number of nitrogens with one attached hydrogen (secondary N) is 1. The molecule has 0 spiro atoms. The Morgan fingerprint density at radius 1 is 1.11 bits per heavy atom. The van der Waals surface area contributed by atoms with Crippen molar-refractivity contribution in [2.24, 2.45) is 0 Å². The number of carbonyl (C=O) groups excluding carboxylic acids is 2. The van der Waals surface area contributed by atoms with Gasteiger partial charge in [-0.05, 0) is 37.3 Å². The Kier molecular flexibility index (Phi) is 5.48. The molecule has 0 bridgehead atoms. The highest BCUT2D eigenvalue weighted by Gasteiger charge is 2.46. The van der Waals surface area contributed by atoms with Gasteiger partial charge in [-0.15, -0.1) is 0 Å². The quantitative estimate of drug-likeness (QED) is 0.826. The number of hydrogen-bond donors (Lipinski definition) is 1. The van der Waals surface area contributed by atoms with Gasteiger partial charge in [0.2, 0.25) is 5.91 Å². The number of nitrogens with zero attached hydrogens (tertiary/aromatic N) is 1. The lowest BCUT2D eigenvalue weighted by Crippen LogP contribution is -2.55. The van der Waals surface area contributed by atoms with Crippen LogP contribution in [0, 0.1) is 0 Å². The summed E-state index contributed by atoms with van der Waals surface area (Å²) in [6, 6.07) is 8.10. The second-order valence-corrected chi connectivity index (χ2v) is 8.32. The van der Waals surface area contributed by atoms with Gasteiger partial charge in [0, 0.05) is 31.4 Å². The summed E-state index contributed by atoms with van der Waals surface area (Å²) in [4.78, 5) is 28.0. The largest absolute Gasteiger partial charge is 0.381 e. The summed E-state index contributed by atoms with van der Waals surface area (Å²) in [7, 11) is 0. The molecule has 146 valence electrons. The van der Waals surface area contributed by atoms with E-state index in [0.29, 0.717) is 32.2 Å². The Labute approximate surface area is 161 Å². The van der Waals surface area contributed by atoms with E-state index in [1.807, 2.05) is 29.2 Å². The second kappa shape index (κ2) is 8.01. The summed E-state index contributed by atoms with van der Waals surface area (Å²) in [5.74, 6) is 0.155. The van der Waals surface area contributed by atoms with Crippen LogP contribution in [-0.2, 0) is 16.1 Å². The number of ether oxygens (including phenoxy) is 1. The molecule has 5 heteroatoms. The van der Waals surface area contributed by atoms with Crippen LogP contribution in [0.15, 0.2) is 24.3 Å². The zero-order valence-electron chi connectivity index (χ0n) is 16.0. The third kappa shape index (κ3) is 3.88. The first-order valence-corrected chi connectivity index (χ1v) is 10.4. The maximum atomic E-state index is 13.1. The molecule has 1 saturated heterocycles. The fourth-order valence-electron chi connectivity index (χ4n) is 4.93. The van der Waals surface area contributed by atoms with Gasteiger partial charge in [0.05, 0.1) is 12.0 Å². The monoisotopic (exact) mass is 370 g/mol. The van der Waals surface area contributed by atoms with Crippen LogP contribution in [0.1, 0.15) is 73.7 Å². The van der Waals surface area contributed by atoms with Crippen molar-refractivity contribution in [2.75, 3.05) is 13.2 Å². The lowest BCUT2D eigenvalue weighted by molar-refractivity contribution is -0.126. The normalized spacial score (nSPS) is 23.0. The van der Waals surface area contributed by atoms with E-state index in [-0.39, 0.29) is 11.8 Å². The smallest absolute Gasteiger partial charge is 0.254 e. The summed E-state index contributed by atoms with van der Waals surface area (Å²) < 4.78 is 5.58. The molecule has 27 heavy (non-hydrogen) atoms. The summed E-state index contributed by atoms with van der Waals surface area (Å²) in [6.45, 7) is 1.82. The molecule has 1 aromatic rings. The van der Waals surface area contributed by atoms with Crippen LogP contribution >= 0.6 is 0 Å². The highest BCUT2D eigenvalue weighted by atomic mass is 16.5. The third-order valence-corrected chi connectivity index (χ3v) is 6.53. The molecule has 1 aliphatic carbocycles. The van der Waals surface area contributed by atoms with Crippen LogP contribution < -0.4 is 5.32 Å². The molecule has 2 amide bonds. The molecular formula is C22H30N2O3. The molecule has 2 fully saturated rings.